The van der Waals surface area contributed by atoms with E-state index in [4.69, 9.17) is 16.6 Å². The molecule has 0 unspecified atom stereocenters. The molecule has 5 rings (SSSR count). The summed E-state index contributed by atoms with van der Waals surface area (Å²) in [5.41, 5.74) is 4.71. The average Bonchev–Trinajstić information content (AvgIpc) is 2.99. The molecule has 216 valence electrons. The van der Waals surface area contributed by atoms with Crippen LogP contribution >= 0.6 is 11.6 Å². The van der Waals surface area contributed by atoms with Gasteiger partial charge in [-0.2, -0.15) is 4.98 Å². The highest BCUT2D eigenvalue weighted by atomic mass is 35.5. The Hall–Kier alpha value is -4.30. The van der Waals surface area contributed by atoms with Gasteiger partial charge in [0.1, 0.15) is 5.82 Å². The van der Waals surface area contributed by atoms with E-state index in [0.29, 0.717) is 59.3 Å². The fourth-order valence-electron chi connectivity index (χ4n) is 5.69. The third-order valence-corrected chi connectivity index (χ3v) is 8.10. The first-order chi connectivity index (χ1) is 20.2. The molecule has 42 heavy (non-hydrogen) atoms. The lowest BCUT2D eigenvalue weighted by atomic mass is 10.0. The van der Waals surface area contributed by atoms with Crippen molar-refractivity contribution in [3.8, 4) is 16.9 Å². The summed E-state index contributed by atoms with van der Waals surface area (Å²) in [5.74, 6) is 0.433. The molecule has 1 aliphatic rings. The zero-order chi connectivity index (χ0) is 30.1. The summed E-state index contributed by atoms with van der Waals surface area (Å²) in [5, 5.41) is 1.08. The SMILES string of the molecule is C=CC(=[18O])N1CCN(c2nc(=O)n(-c3c(CC)ccnc3C(C)C)c3nc(-c4ccccc4C=C)c(Cl)cc23)[C@@H](C)C1. The van der Waals surface area contributed by atoms with E-state index < -0.39 is 5.69 Å². The highest BCUT2D eigenvalue weighted by Gasteiger charge is 2.30. The molecule has 1 aliphatic heterocycles. The molecule has 0 saturated carbocycles. The summed E-state index contributed by atoms with van der Waals surface area (Å²) in [4.78, 5) is 44.7. The number of rotatable bonds is 7. The summed E-state index contributed by atoms with van der Waals surface area (Å²) >= 11 is 6.97. The second-order valence-electron chi connectivity index (χ2n) is 10.8. The number of fused-ring (bicyclic) bond motifs is 1. The number of hydrogen-bond donors (Lipinski definition) is 0. The highest BCUT2D eigenvalue weighted by molar-refractivity contribution is 6.34. The van der Waals surface area contributed by atoms with E-state index in [1.165, 1.54) is 6.08 Å². The Balaban J connectivity index is 1.84. The lowest BCUT2D eigenvalue weighted by Gasteiger charge is -2.40. The van der Waals surface area contributed by atoms with Gasteiger partial charge in [0.15, 0.2) is 5.65 Å². The molecule has 1 atom stereocenters. The lowest BCUT2D eigenvalue weighted by Crippen LogP contribution is -2.54. The van der Waals surface area contributed by atoms with Crippen molar-refractivity contribution >= 4 is 40.4 Å². The minimum atomic E-state index is -0.448. The molecule has 0 bridgehead atoms. The number of amides is 1. The standard InChI is InChI=1S/C33H35ClN6O2/c1-7-22-12-10-11-13-24(22)29-26(34)18-25-31(39-17-16-38(19-21(39)6)27(41)9-3)37-33(42)40(32(25)36-29)30-23(8-2)14-15-35-28(30)20(4)5/h7,9-15,18,20-21H,1,3,8,16-17,19H2,2,4-6H3/t21-/m0/s1/i41+2. The number of nitrogens with zero attached hydrogens (tertiary/aromatic N) is 6. The average molecular weight is 585 g/mol. The van der Waals surface area contributed by atoms with Crippen LogP contribution in [-0.2, 0) is 11.2 Å². The molecule has 0 aliphatic carbocycles. The molecular weight excluding hydrogens is 550 g/mol. The number of hydrogen-bond acceptors (Lipinski definition) is 6. The molecule has 1 fully saturated rings. The van der Waals surface area contributed by atoms with Crippen molar-refractivity contribution in [2.75, 3.05) is 24.5 Å². The molecule has 3 aromatic heterocycles. The largest absolute Gasteiger partial charge is 0.355 e. The number of aryl methyl sites for hydroxylation is 1. The predicted octanol–water partition coefficient (Wildman–Crippen LogP) is 6.05. The molecule has 9 heteroatoms. The number of halogens is 1. The van der Waals surface area contributed by atoms with Crippen molar-refractivity contribution in [3.05, 3.63) is 94.2 Å². The van der Waals surface area contributed by atoms with Crippen LogP contribution < -0.4 is 10.6 Å². The normalized spacial score (nSPS) is 15.3. The Kier molecular flexibility index (Phi) is 8.27. The molecule has 8 nitrogen and oxygen atoms in total. The van der Waals surface area contributed by atoms with Crippen molar-refractivity contribution in [2.45, 2.75) is 46.1 Å². The summed E-state index contributed by atoms with van der Waals surface area (Å²) in [7, 11) is 0. The van der Waals surface area contributed by atoms with Gasteiger partial charge in [-0.1, -0.05) is 75.9 Å². The monoisotopic (exact) mass is 584 g/mol. The van der Waals surface area contributed by atoms with Crippen LogP contribution in [0.5, 0.6) is 0 Å². The van der Waals surface area contributed by atoms with Crippen LogP contribution in [0, 0.1) is 0 Å². The molecule has 0 spiro atoms. The maximum absolute atomic E-state index is 14.2. The molecular formula is C33H35ClN6O2. The van der Waals surface area contributed by atoms with E-state index in [1.807, 2.05) is 43.3 Å². The van der Waals surface area contributed by atoms with E-state index in [9.17, 15) is 9.59 Å². The molecule has 4 aromatic rings. The van der Waals surface area contributed by atoms with Crippen LogP contribution in [0.25, 0.3) is 34.1 Å². The molecule has 4 heterocycles. The Morgan fingerprint density at radius 2 is 1.95 bits per heavy atom. The van der Waals surface area contributed by atoms with E-state index in [-0.39, 0.29) is 17.9 Å². The molecule has 0 radical (unpaired) electrons. The van der Waals surface area contributed by atoms with Gasteiger partial charge in [0, 0.05) is 37.4 Å². The highest BCUT2D eigenvalue weighted by Crippen LogP contribution is 2.36. The number of piperazine rings is 1. The van der Waals surface area contributed by atoms with Gasteiger partial charge in [-0.15, -0.1) is 0 Å². The zero-order valence-electron chi connectivity index (χ0n) is 24.5. The van der Waals surface area contributed by atoms with Crippen LogP contribution in [0.1, 0.15) is 50.4 Å². The second-order valence-corrected chi connectivity index (χ2v) is 11.2. The van der Waals surface area contributed by atoms with E-state index in [0.717, 1.165) is 22.4 Å². The van der Waals surface area contributed by atoms with Crippen molar-refractivity contribution < 1.29 is 4.79 Å². The molecule has 0 N–H and O–H groups in total. The van der Waals surface area contributed by atoms with Gasteiger partial charge in [0.2, 0.25) is 5.91 Å². The molecule has 1 amide bonds. The lowest BCUT2D eigenvalue weighted by molar-refractivity contribution is -0.126. The summed E-state index contributed by atoms with van der Waals surface area (Å²) in [6, 6.07) is 11.4. The van der Waals surface area contributed by atoms with Gasteiger partial charge < -0.3 is 9.80 Å². The van der Waals surface area contributed by atoms with Crippen molar-refractivity contribution in [2.24, 2.45) is 0 Å². The van der Waals surface area contributed by atoms with Crippen molar-refractivity contribution in [1.29, 1.82) is 0 Å². The summed E-state index contributed by atoms with van der Waals surface area (Å²) < 4.78 is 1.60. The van der Waals surface area contributed by atoms with Crippen LogP contribution in [0.3, 0.4) is 0 Å². The van der Waals surface area contributed by atoms with Crippen molar-refractivity contribution in [3.63, 3.8) is 0 Å². The Bertz CT molecular complexity index is 1760. The smallest absolute Gasteiger partial charge is 0.350 e. The minimum absolute atomic E-state index is 0.0527. The second kappa shape index (κ2) is 11.9. The van der Waals surface area contributed by atoms with Gasteiger partial charge in [0.25, 0.3) is 0 Å². The van der Waals surface area contributed by atoms with Gasteiger partial charge in [-0.25, -0.2) is 14.3 Å². The zero-order valence-corrected chi connectivity index (χ0v) is 25.2. The number of anilines is 1. The topological polar surface area (TPSA) is 84.2 Å². The first-order valence-electron chi connectivity index (χ1n) is 14.2. The van der Waals surface area contributed by atoms with E-state index >= 15 is 0 Å². The Labute approximate surface area is 251 Å². The van der Waals surface area contributed by atoms with E-state index in [2.05, 4.69) is 48.8 Å². The third kappa shape index (κ3) is 5.11. The number of carbonyl (C=O) groups excluding carboxylic acids is 1. The quantitative estimate of drug-likeness (QED) is 0.194. The van der Waals surface area contributed by atoms with Gasteiger partial charge in [-0.05, 0) is 48.6 Å². The Morgan fingerprint density at radius 1 is 1.19 bits per heavy atom. The third-order valence-electron chi connectivity index (χ3n) is 7.81. The van der Waals surface area contributed by atoms with Gasteiger partial charge in [-0.3, -0.25) is 9.78 Å². The predicted molar refractivity (Wildman–Crippen MR) is 171 cm³/mol. The number of aromatic nitrogens is 4. The van der Waals surface area contributed by atoms with Crippen LogP contribution in [0.15, 0.2) is 66.6 Å². The number of pyridine rings is 2. The number of benzene rings is 1. The maximum atomic E-state index is 14.2. The van der Waals surface area contributed by atoms with Crippen LogP contribution in [-0.4, -0.2) is 56.0 Å². The summed E-state index contributed by atoms with van der Waals surface area (Å²) in [6.45, 7) is 17.2. The fraction of sp³-hybridized carbons (Fsp3) is 0.303. The molecule has 1 saturated heterocycles. The first-order valence-corrected chi connectivity index (χ1v) is 14.6. The van der Waals surface area contributed by atoms with E-state index in [1.54, 1.807) is 21.7 Å². The van der Waals surface area contributed by atoms with Crippen molar-refractivity contribution in [1.82, 2.24) is 24.4 Å². The maximum Gasteiger partial charge on any atom is 0.355 e. The fourth-order valence-corrected chi connectivity index (χ4v) is 5.94. The van der Waals surface area contributed by atoms with Crippen LogP contribution in [0.4, 0.5) is 5.82 Å². The summed E-state index contributed by atoms with van der Waals surface area (Å²) in [6.07, 6.45) is 5.58. The van der Waals surface area contributed by atoms with Gasteiger partial charge in [0.05, 0.1) is 27.5 Å². The first kappa shape index (κ1) is 29.2. The van der Waals surface area contributed by atoms with Gasteiger partial charge >= 0.3 is 5.69 Å². The Morgan fingerprint density at radius 3 is 2.62 bits per heavy atom. The number of carbonyl (C=O) groups is 1. The molecule has 1 aromatic carbocycles. The minimum Gasteiger partial charge on any atom is -0.350 e. The van der Waals surface area contributed by atoms with Crippen LogP contribution in [0.2, 0.25) is 5.02 Å².